The number of thioether (sulfide) groups is 1. The third kappa shape index (κ3) is 5.05. The monoisotopic (exact) mass is 503 g/mol. The molecular formula is C22H15Cl2N3O3S2. The fourth-order valence-corrected chi connectivity index (χ4v) is 5.51. The van der Waals surface area contributed by atoms with Crippen molar-refractivity contribution in [2.75, 3.05) is 7.11 Å². The minimum Gasteiger partial charge on any atom is -0.496 e. The van der Waals surface area contributed by atoms with Crippen molar-refractivity contribution in [3.63, 3.8) is 0 Å². The smallest absolute Gasteiger partial charge is 0.270 e. The predicted octanol–water partition coefficient (Wildman–Crippen LogP) is 7.56. The largest absolute Gasteiger partial charge is 0.496 e. The van der Waals surface area contributed by atoms with Crippen LogP contribution in [0.15, 0.2) is 63.9 Å². The molecule has 0 N–H and O–H groups in total. The van der Waals surface area contributed by atoms with Crippen molar-refractivity contribution in [1.29, 1.82) is 0 Å². The predicted molar refractivity (Wildman–Crippen MR) is 133 cm³/mol. The van der Waals surface area contributed by atoms with E-state index < -0.39 is 4.92 Å². The van der Waals surface area contributed by atoms with Crippen LogP contribution in [0.1, 0.15) is 11.1 Å². The number of thiazole rings is 1. The molecule has 0 saturated heterocycles. The maximum Gasteiger partial charge on any atom is 0.270 e. The zero-order valence-corrected chi connectivity index (χ0v) is 19.8. The van der Waals surface area contributed by atoms with E-state index in [1.807, 2.05) is 18.2 Å². The molecule has 0 aliphatic rings. The molecule has 6 nitrogen and oxygen atoms in total. The van der Waals surface area contributed by atoms with Gasteiger partial charge in [-0.15, -0.1) is 11.3 Å². The Labute approximate surface area is 202 Å². The van der Waals surface area contributed by atoms with Gasteiger partial charge in [-0.25, -0.2) is 4.98 Å². The first-order valence-electron chi connectivity index (χ1n) is 9.27. The second-order valence-corrected chi connectivity index (χ2v) is 9.63. The van der Waals surface area contributed by atoms with Crippen LogP contribution in [0.3, 0.4) is 0 Å². The number of aliphatic imine (C=N–C) groups is 1. The number of hydrogen-bond acceptors (Lipinski definition) is 7. The summed E-state index contributed by atoms with van der Waals surface area (Å²) in [6.07, 6.45) is 1.65. The van der Waals surface area contributed by atoms with Gasteiger partial charge in [-0.3, -0.25) is 15.1 Å². The third-order valence-corrected chi connectivity index (χ3v) is 7.39. The summed E-state index contributed by atoms with van der Waals surface area (Å²) in [4.78, 5) is 19.8. The number of fused-ring (bicyclic) bond motifs is 1. The second kappa shape index (κ2) is 9.87. The van der Waals surface area contributed by atoms with Crippen molar-refractivity contribution < 1.29 is 9.66 Å². The molecule has 1 aromatic heterocycles. The summed E-state index contributed by atoms with van der Waals surface area (Å²) in [5.41, 5.74) is 3.06. The SMILES string of the molecule is COc1ccc([N+](=O)[O-])cc1CSc1nc2ccc(N=Cc3c(Cl)cccc3Cl)cc2s1. The van der Waals surface area contributed by atoms with Gasteiger partial charge in [0.15, 0.2) is 4.34 Å². The summed E-state index contributed by atoms with van der Waals surface area (Å²) in [7, 11) is 1.55. The van der Waals surface area contributed by atoms with E-state index in [1.54, 1.807) is 37.6 Å². The van der Waals surface area contributed by atoms with Crippen LogP contribution in [0, 0.1) is 10.1 Å². The average Bonchev–Trinajstić information content (AvgIpc) is 3.19. The number of hydrogen-bond donors (Lipinski definition) is 0. The molecule has 32 heavy (non-hydrogen) atoms. The van der Waals surface area contributed by atoms with E-state index in [1.165, 1.54) is 35.2 Å². The highest BCUT2D eigenvalue weighted by atomic mass is 35.5. The maximum absolute atomic E-state index is 11.1. The highest BCUT2D eigenvalue weighted by Gasteiger charge is 2.13. The maximum atomic E-state index is 11.1. The Balaban J connectivity index is 1.53. The average molecular weight is 504 g/mol. The standard InChI is InChI=1S/C22H15Cl2N3O3S2/c1-30-20-8-6-15(27(28)29)9-13(20)12-31-22-26-19-7-5-14(10-21(19)32-22)25-11-16-17(23)3-2-4-18(16)24/h2-11H,12H2,1H3. The van der Waals surface area contributed by atoms with Gasteiger partial charge >= 0.3 is 0 Å². The molecule has 162 valence electrons. The highest BCUT2D eigenvalue weighted by Crippen LogP contribution is 2.36. The van der Waals surface area contributed by atoms with Crippen LogP contribution in [0.2, 0.25) is 10.0 Å². The summed E-state index contributed by atoms with van der Waals surface area (Å²) in [5.74, 6) is 1.11. The second-order valence-electron chi connectivity index (χ2n) is 6.57. The number of nitro groups is 1. The first-order valence-corrected chi connectivity index (χ1v) is 11.8. The number of methoxy groups -OCH3 is 1. The van der Waals surface area contributed by atoms with Crippen LogP contribution in [-0.4, -0.2) is 23.2 Å². The van der Waals surface area contributed by atoms with E-state index in [2.05, 4.69) is 9.98 Å². The van der Waals surface area contributed by atoms with Gasteiger partial charge in [-0.05, 0) is 36.4 Å². The Morgan fingerprint density at radius 2 is 1.97 bits per heavy atom. The van der Waals surface area contributed by atoms with E-state index in [0.29, 0.717) is 27.1 Å². The van der Waals surface area contributed by atoms with Crippen LogP contribution in [-0.2, 0) is 5.75 Å². The number of non-ortho nitro benzene ring substituents is 1. The normalized spacial score (nSPS) is 11.3. The van der Waals surface area contributed by atoms with Crippen molar-refractivity contribution in [1.82, 2.24) is 4.98 Å². The number of halogens is 2. The molecule has 0 aliphatic carbocycles. The fourth-order valence-electron chi connectivity index (χ4n) is 2.94. The topological polar surface area (TPSA) is 77.6 Å². The lowest BCUT2D eigenvalue weighted by molar-refractivity contribution is -0.384. The summed E-state index contributed by atoms with van der Waals surface area (Å²) in [6, 6.07) is 15.6. The van der Waals surface area contributed by atoms with E-state index in [9.17, 15) is 10.1 Å². The number of rotatable bonds is 7. The molecule has 1 heterocycles. The van der Waals surface area contributed by atoms with Crippen molar-refractivity contribution in [2.45, 2.75) is 10.1 Å². The molecule has 0 fully saturated rings. The number of benzene rings is 3. The molecule has 0 atom stereocenters. The summed E-state index contributed by atoms with van der Waals surface area (Å²) < 4.78 is 7.17. The van der Waals surface area contributed by atoms with Gasteiger partial charge in [0.05, 0.1) is 38.0 Å². The molecule has 0 radical (unpaired) electrons. The van der Waals surface area contributed by atoms with Gasteiger partial charge in [0.2, 0.25) is 0 Å². The summed E-state index contributed by atoms with van der Waals surface area (Å²) in [5, 5.41) is 12.2. The minimum absolute atomic E-state index is 0.0341. The molecular weight excluding hydrogens is 489 g/mol. The molecule has 0 unspecified atom stereocenters. The Bertz CT molecular complexity index is 1320. The quantitative estimate of drug-likeness (QED) is 0.112. The van der Waals surface area contributed by atoms with Gasteiger partial charge < -0.3 is 4.74 Å². The van der Waals surface area contributed by atoms with Crippen molar-refractivity contribution in [2.24, 2.45) is 4.99 Å². The molecule has 0 aliphatic heterocycles. The van der Waals surface area contributed by atoms with Gasteiger partial charge in [0, 0.05) is 35.2 Å². The van der Waals surface area contributed by atoms with Crippen LogP contribution >= 0.6 is 46.3 Å². The fraction of sp³-hybridized carbons (Fsp3) is 0.0909. The molecule has 10 heteroatoms. The van der Waals surface area contributed by atoms with Gasteiger partial charge in [0.1, 0.15) is 5.75 Å². The Kier molecular flexibility index (Phi) is 6.95. The first-order chi connectivity index (χ1) is 15.4. The third-order valence-electron chi connectivity index (χ3n) is 4.52. The van der Waals surface area contributed by atoms with Crippen LogP contribution in [0.4, 0.5) is 11.4 Å². The lowest BCUT2D eigenvalue weighted by Crippen LogP contribution is -1.94. The summed E-state index contributed by atoms with van der Waals surface area (Å²) >= 11 is 15.4. The molecule has 3 aromatic carbocycles. The number of ether oxygens (including phenoxy) is 1. The molecule has 0 saturated carbocycles. The Morgan fingerprint density at radius 1 is 1.19 bits per heavy atom. The van der Waals surface area contributed by atoms with Crippen molar-refractivity contribution >= 4 is 74.1 Å². The van der Waals surface area contributed by atoms with Gasteiger partial charge in [-0.1, -0.05) is 41.0 Å². The van der Waals surface area contributed by atoms with E-state index in [-0.39, 0.29) is 5.69 Å². The van der Waals surface area contributed by atoms with Crippen LogP contribution < -0.4 is 4.74 Å². The number of nitro benzene ring substituents is 1. The van der Waals surface area contributed by atoms with Crippen molar-refractivity contribution in [3.8, 4) is 5.75 Å². The van der Waals surface area contributed by atoms with E-state index in [4.69, 9.17) is 27.9 Å². The molecule has 0 spiro atoms. The molecule has 0 amide bonds. The molecule has 4 rings (SSSR count). The van der Waals surface area contributed by atoms with E-state index in [0.717, 1.165) is 25.8 Å². The van der Waals surface area contributed by atoms with Crippen LogP contribution in [0.25, 0.3) is 10.2 Å². The van der Waals surface area contributed by atoms with Crippen LogP contribution in [0.5, 0.6) is 5.75 Å². The zero-order chi connectivity index (χ0) is 22.7. The number of nitrogens with zero attached hydrogens (tertiary/aromatic N) is 3. The summed E-state index contributed by atoms with van der Waals surface area (Å²) in [6.45, 7) is 0. The highest BCUT2D eigenvalue weighted by molar-refractivity contribution is 8.00. The lowest BCUT2D eigenvalue weighted by atomic mass is 10.2. The zero-order valence-electron chi connectivity index (χ0n) is 16.6. The molecule has 4 aromatic rings. The Morgan fingerprint density at radius 3 is 2.69 bits per heavy atom. The number of aromatic nitrogens is 1. The van der Waals surface area contributed by atoms with Gasteiger partial charge in [-0.2, -0.15) is 0 Å². The van der Waals surface area contributed by atoms with E-state index >= 15 is 0 Å². The van der Waals surface area contributed by atoms with Crippen molar-refractivity contribution in [3.05, 3.63) is 85.9 Å². The first kappa shape index (κ1) is 22.5. The van der Waals surface area contributed by atoms with Gasteiger partial charge in [0.25, 0.3) is 5.69 Å². The molecule has 0 bridgehead atoms. The lowest BCUT2D eigenvalue weighted by Gasteiger charge is -2.06. The minimum atomic E-state index is -0.414. The Hall–Kier alpha value is -2.65.